The Bertz CT molecular complexity index is 780. The van der Waals surface area contributed by atoms with Gasteiger partial charge in [-0.25, -0.2) is 0 Å². The Morgan fingerprint density at radius 2 is 0.865 bits per heavy atom. The lowest BCUT2D eigenvalue weighted by Gasteiger charge is -2.19. The van der Waals surface area contributed by atoms with E-state index in [-0.39, 0.29) is 24.4 Å². The van der Waals surface area contributed by atoms with Crippen LogP contribution in [0.2, 0.25) is 0 Å². The summed E-state index contributed by atoms with van der Waals surface area (Å²) in [4.78, 5) is 38.1. The molecular formula is C44H86N2O6. The molecule has 8 nitrogen and oxygen atoms in total. The van der Waals surface area contributed by atoms with Crippen molar-refractivity contribution in [3.8, 4) is 0 Å². The van der Waals surface area contributed by atoms with Gasteiger partial charge in [0.25, 0.3) is 0 Å². The van der Waals surface area contributed by atoms with E-state index in [1.54, 1.807) is 7.11 Å². The van der Waals surface area contributed by atoms with Crippen LogP contribution in [0.15, 0.2) is 0 Å². The number of methoxy groups -OCH3 is 1. The van der Waals surface area contributed by atoms with Crippen molar-refractivity contribution in [2.75, 3.05) is 40.1 Å². The maximum Gasteiger partial charge on any atom is 0.305 e. The molecule has 2 amide bonds. The molecule has 1 unspecified atom stereocenters. The number of hydrogen-bond acceptors (Lipinski definition) is 6. The Balaban J connectivity index is 4.13. The quantitative estimate of drug-likeness (QED) is 0.0477. The highest BCUT2D eigenvalue weighted by atomic mass is 16.5. The second-order valence-corrected chi connectivity index (χ2v) is 15.1. The molecule has 0 saturated carbocycles. The van der Waals surface area contributed by atoms with Gasteiger partial charge in [-0.15, -0.1) is 0 Å². The van der Waals surface area contributed by atoms with Crippen molar-refractivity contribution in [1.29, 1.82) is 0 Å². The average Bonchev–Trinajstić information content (AvgIpc) is 3.14. The molecule has 0 aromatic carbocycles. The minimum Gasteiger partial charge on any atom is -0.463 e. The molecule has 52 heavy (non-hydrogen) atoms. The van der Waals surface area contributed by atoms with Crippen LogP contribution >= 0.6 is 0 Å². The lowest BCUT2D eigenvalue weighted by Crippen LogP contribution is -2.50. The first-order valence-corrected chi connectivity index (χ1v) is 22.3. The molecule has 0 radical (unpaired) electrons. The summed E-state index contributed by atoms with van der Waals surface area (Å²) in [6, 6.07) is -0.909. The van der Waals surface area contributed by atoms with Crippen molar-refractivity contribution in [3.05, 3.63) is 0 Å². The van der Waals surface area contributed by atoms with Gasteiger partial charge in [-0.05, 0) is 12.8 Å². The van der Waals surface area contributed by atoms with Gasteiger partial charge in [-0.1, -0.05) is 194 Å². The van der Waals surface area contributed by atoms with Gasteiger partial charge in [-0.2, -0.15) is 0 Å². The number of ether oxygens (including phenoxy) is 3. The third-order valence-electron chi connectivity index (χ3n) is 10.0. The summed E-state index contributed by atoms with van der Waals surface area (Å²) in [5, 5.41) is 5.62. The first-order valence-electron chi connectivity index (χ1n) is 22.3. The fourth-order valence-electron chi connectivity index (χ4n) is 6.61. The maximum absolute atomic E-state index is 12.9. The van der Waals surface area contributed by atoms with E-state index in [0.29, 0.717) is 39.2 Å². The summed E-state index contributed by atoms with van der Waals surface area (Å²) in [5.41, 5.74) is 0. The number of hydrogen-bond donors (Lipinski definition) is 2. The molecule has 2 N–H and O–H groups in total. The predicted molar refractivity (Wildman–Crippen MR) is 218 cm³/mol. The summed E-state index contributed by atoms with van der Waals surface area (Å²) >= 11 is 0. The number of esters is 1. The van der Waals surface area contributed by atoms with E-state index >= 15 is 0 Å². The molecule has 0 aliphatic carbocycles. The summed E-state index contributed by atoms with van der Waals surface area (Å²) < 4.78 is 15.9. The van der Waals surface area contributed by atoms with Crippen molar-refractivity contribution < 1.29 is 28.6 Å². The molecule has 308 valence electrons. The molecule has 0 fully saturated rings. The maximum atomic E-state index is 12.9. The highest BCUT2D eigenvalue weighted by Crippen LogP contribution is 2.15. The Morgan fingerprint density at radius 1 is 0.481 bits per heavy atom. The highest BCUT2D eigenvalue weighted by molar-refractivity contribution is 5.88. The minimum atomic E-state index is -0.909. The lowest BCUT2D eigenvalue weighted by atomic mass is 10.0. The molecule has 0 aromatic heterocycles. The summed E-state index contributed by atoms with van der Waals surface area (Å²) in [6.07, 6.45) is 38.9. The van der Waals surface area contributed by atoms with E-state index in [9.17, 15) is 14.4 Å². The van der Waals surface area contributed by atoms with Gasteiger partial charge in [0, 0.05) is 26.5 Å². The van der Waals surface area contributed by atoms with Crippen LogP contribution in [0.4, 0.5) is 0 Å². The predicted octanol–water partition coefficient (Wildman–Crippen LogP) is 11.3. The van der Waals surface area contributed by atoms with Crippen LogP contribution < -0.4 is 10.6 Å². The van der Waals surface area contributed by atoms with Crippen molar-refractivity contribution in [1.82, 2.24) is 10.6 Å². The van der Waals surface area contributed by atoms with Crippen molar-refractivity contribution in [3.63, 3.8) is 0 Å². The number of rotatable bonds is 42. The molecule has 0 heterocycles. The van der Waals surface area contributed by atoms with Crippen LogP contribution in [-0.4, -0.2) is 63.9 Å². The third kappa shape index (κ3) is 38.1. The SMILES string of the molecule is CCCCCCCCCCCCCCCCCC(=O)NC(COC(=O)CCCCCCCCCCCCCCCCC)C(=O)NCCOCCOC. The topological polar surface area (TPSA) is 103 Å². The molecule has 1 atom stereocenters. The van der Waals surface area contributed by atoms with E-state index in [2.05, 4.69) is 24.5 Å². The zero-order chi connectivity index (χ0) is 38.0. The van der Waals surface area contributed by atoms with E-state index in [4.69, 9.17) is 14.2 Å². The van der Waals surface area contributed by atoms with Crippen LogP contribution in [0.25, 0.3) is 0 Å². The fraction of sp³-hybridized carbons (Fsp3) is 0.932. The Kier molecular flexibility index (Phi) is 40.7. The van der Waals surface area contributed by atoms with E-state index in [0.717, 1.165) is 38.5 Å². The van der Waals surface area contributed by atoms with Gasteiger partial charge in [0.2, 0.25) is 11.8 Å². The number of nitrogens with one attached hydrogen (secondary N) is 2. The summed E-state index contributed by atoms with van der Waals surface area (Å²) in [6.45, 7) is 5.96. The summed E-state index contributed by atoms with van der Waals surface area (Å²) in [5.74, 6) is -0.850. The fourth-order valence-corrected chi connectivity index (χ4v) is 6.61. The molecular weight excluding hydrogens is 652 g/mol. The highest BCUT2D eigenvalue weighted by Gasteiger charge is 2.22. The van der Waals surface area contributed by atoms with Crippen molar-refractivity contribution >= 4 is 17.8 Å². The van der Waals surface area contributed by atoms with Crippen LogP contribution in [0.1, 0.15) is 219 Å². The van der Waals surface area contributed by atoms with Crippen LogP contribution in [0.5, 0.6) is 0 Å². The molecule has 0 rings (SSSR count). The molecule has 0 spiro atoms. The van der Waals surface area contributed by atoms with Gasteiger partial charge in [0.15, 0.2) is 0 Å². The molecule has 8 heteroatoms. The van der Waals surface area contributed by atoms with Crippen LogP contribution in [0, 0.1) is 0 Å². The van der Waals surface area contributed by atoms with Crippen LogP contribution in [-0.2, 0) is 28.6 Å². The van der Waals surface area contributed by atoms with Crippen LogP contribution in [0.3, 0.4) is 0 Å². The third-order valence-corrected chi connectivity index (χ3v) is 10.0. The monoisotopic (exact) mass is 739 g/mol. The first-order chi connectivity index (χ1) is 25.5. The molecule has 0 aliphatic rings. The average molecular weight is 739 g/mol. The normalized spacial score (nSPS) is 11.8. The summed E-state index contributed by atoms with van der Waals surface area (Å²) in [7, 11) is 1.61. The zero-order valence-electron chi connectivity index (χ0n) is 34.7. The van der Waals surface area contributed by atoms with E-state index < -0.39 is 6.04 Å². The smallest absolute Gasteiger partial charge is 0.305 e. The molecule has 0 aromatic rings. The van der Waals surface area contributed by atoms with Crippen molar-refractivity contribution in [2.45, 2.75) is 225 Å². The largest absolute Gasteiger partial charge is 0.463 e. The standard InChI is InChI=1S/C44H86N2O6/c1-4-6-8-10-12-14-16-18-20-22-24-26-28-30-32-34-42(47)46-41(44(49)45-36-37-51-39-38-50-3)40-52-43(48)35-33-31-29-27-25-23-21-19-17-15-13-11-9-7-5-2/h41H,4-40H2,1-3H3,(H,45,49)(H,46,47). The Hall–Kier alpha value is -1.67. The second-order valence-electron chi connectivity index (χ2n) is 15.1. The van der Waals surface area contributed by atoms with Gasteiger partial charge in [-0.3, -0.25) is 14.4 Å². The number of carbonyl (C=O) groups is 3. The lowest BCUT2D eigenvalue weighted by molar-refractivity contribution is -0.146. The van der Waals surface area contributed by atoms with Gasteiger partial charge in [0.1, 0.15) is 12.6 Å². The van der Waals surface area contributed by atoms with Crippen molar-refractivity contribution in [2.24, 2.45) is 0 Å². The van der Waals surface area contributed by atoms with Gasteiger partial charge < -0.3 is 24.8 Å². The van der Waals surface area contributed by atoms with E-state index in [1.807, 2.05) is 0 Å². The second kappa shape index (κ2) is 42.1. The first kappa shape index (κ1) is 50.3. The molecule has 0 saturated heterocycles. The Labute approximate surface area is 321 Å². The molecule has 0 bridgehead atoms. The van der Waals surface area contributed by atoms with Gasteiger partial charge >= 0.3 is 5.97 Å². The van der Waals surface area contributed by atoms with Gasteiger partial charge in [0.05, 0.1) is 19.8 Å². The zero-order valence-corrected chi connectivity index (χ0v) is 34.7. The van der Waals surface area contributed by atoms with E-state index in [1.165, 1.54) is 154 Å². The number of unbranched alkanes of at least 4 members (excludes halogenated alkanes) is 28. The molecule has 0 aliphatic heterocycles. The number of carbonyl (C=O) groups excluding carboxylic acids is 3. The number of amides is 2. The minimum absolute atomic E-state index is 0.154. The Morgan fingerprint density at radius 3 is 1.27 bits per heavy atom.